The van der Waals surface area contributed by atoms with Crippen LogP contribution in [0.2, 0.25) is 0 Å². The molecule has 3 rings (SSSR count). The maximum absolute atomic E-state index is 5.70. The Kier molecular flexibility index (Phi) is 2.25. The van der Waals surface area contributed by atoms with E-state index >= 15 is 0 Å². The fraction of sp³-hybridized carbons (Fsp3) is 0.500. The maximum atomic E-state index is 5.70. The second-order valence-corrected chi connectivity index (χ2v) is 5.52. The van der Waals surface area contributed by atoms with Crippen LogP contribution in [0.15, 0.2) is 28.7 Å². The molecule has 1 aliphatic carbocycles. The number of piperidine rings is 1. The Morgan fingerprint density at radius 2 is 1.80 bits per heavy atom. The molecule has 1 aromatic rings. The van der Waals surface area contributed by atoms with E-state index in [0.717, 1.165) is 28.8 Å². The highest BCUT2D eigenvalue weighted by Crippen LogP contribution is 2.51. The summed E-state index contributed by atoms with van der Waals surface area (Å²) in [5.41, 5.74) is 7.05. The van der Waals surface area contributed by atoms with E-state index in [9.17, 15) is 0 Å². The van der Waals surface area contributed by atoms with Gasteiger partial charge in [-0.1, -0.05) is 15.9 Å². The minimum absolute atomic E-state index is 0.816. The number of benzene rings is 1. The van der Waals surface area contributed by atoms with Crippen molar-refractivity contribution in [2.24, 2.45) is 23.5 Å². The molecule has 0 bridgehead atoms. The van der Waals surface area contributed by atoms with Crippen molar-refractivity contribution in [1.82, 2.24) is 0 Å². The zero-order valence-corrected chi connectivity index (χ0v) is 10.2. The summed E-state index contributed by atoms with van der Waals surface area (Å²) in [5, 5.41) is 0. The molecule has 0 amide bonds. The van der Waals surface area contributed by atoms with E-state index in [1.165, 1.54) is 18.8 Å². The molecule has 2 atom stereocenters. The van der Waals surface area contributed by atoms with E-state index < -0.39 is 0 Å². The van der Waals surface area contributed by atoms with E-state index in [0.29, 0.717) is 0 Å². The molecule has 2 fully saturated rings. The van der Waals surface area contributed by atoms with Gasteiger partial charge in [0.05, 0.1) is 0 Å². The molecule has 1 heterocycles. The summed E-state index contributed by atoms with van der Waals surface area (Å²) < 4.78 is 1.15. The summed E-state index contributed by atoms with van der Waals surface area (Å²) in [5.74, 6) is 2.56. The highest BCUT2D eigenvalue weighted by molar-refractivity contribution is 9.10. The SMILES string of the molecule is NCC1C2CN(c3ccc(Br)cc3)CC12. The molecule has 1 saturated heterocycles. The van der Waals surface area contributed by atoms with Crippen LogP contribution in [0.3, 0.4) is 0 Å². The number of hydrogen-bond acceptors (Lipinski definition) is 2. The highest BCUT2D eigenvalue weighted by atomic mass is 79.9. The number of fused-ring (bicyclic) bond motifs is 1. The van der Waals surface area contributed by atoms with Crippen LogP contribution in [0.1, 0.15) is 0 Å². The largest absolute Gasteiger partial charge is 0.371 e. The third-order valence-corrected chi connectivity index (χ3v) is 4.36. The van der Waals surface area contributed by atoms with Gasteiger partial charge in [-0.3, -0.25) is 0 Å². The van der Waals surface area contributed by atoms with Crippen LogP contribution in [0.25, 0.3) is 0 Å². The topological polar surface area (TPSA) is 29.3 Å². The molecule has 1 aromatic carbocycles. The van der Waals surface area contributed by atoms with Crippen molar-refractivity contribution in [2.45, 2.75) is 0 Å². The smallest absolute Gasteiger partial charge is 0.0367 e. The summed E-state index contributed by atoms with van der Waals surface area (Å²) in [4.78, 5) is 2.48. The van der Waals surface area contributed by atoms with Gasteiger partial charge in [-0.05, 0) is 48.6 Å². The molecule has 15 heavy (non-hydrogen) atoms. The maximum Gasteiger partial charge on any atom is 0.0367 e. The van der Waals surface area contributed by atoms with Crippen LogP contribution >= 0.6 is 15.9 Å². The first-order chi connectivity index (χ1) is 7.29. The molecule has 2 N–H and O–H groups in total. The number of hydrogen-bond donors (Lipinski definition) is 1. The standard InChI is InChI=1S/C12H15BrN2/c13-8-1-3-9(4-2-8)15-6-11-10(5-14)12(11)7-15/h1-4,10-12H,5-7,14H2. The van der Waals surface area contributed by atoms with Gasteiger partial charge in [0.15, 0.2) is 0 Å². The molecule has 0 aromatic heterocycles. The number of nitrogens with two attached hydrogens (primary N) is 1. The summed E-state index contributed by atoms with van der Waals surface area (Å²) in [6, 6.07) is 8.60. The number of anilines is 1. The molecule has 2 nitrogen and oxygen atoms in total. The number of halogens is 1. The quantitative estimate of drug-likeness (QED) is 0.889. The lowest BCUT2D eigenvalue weighted by molar-refractivity contribution is 0.648. The Balaban J connectivity index is 1.69. The fourth-order valence-corrected chi connectivity index (χ4v) is 3.13. The minimum atomic E-state index is 0.816. The van der Waals surface area contributed by atoms with Crippen molar-refractivity contribution in [3.05, 3.63) is 28.7 Å². The Morgan fingerprint density at radius 1 is 1.20 bits per heavy atom. The van der Waals surface area contributed by atoms with E-state index in [1.54, 1.807) is 0 Å². The minimum Gasteiger partial charge on any atom is -0.371 e. The second-order valence-electron chi connectivity index (χ2n) is 4.61. The first kappa shape index (κ1) is 9.67. The Hall–Kier alpha value is -0.540. The lowest BCUT2D eigenvalue weighted by Crippen LogP contribution is -2.25. The Bertz CT molecular complexity index is 350. The van der Waals surface area contributed by atoms with Crippen LogP contribution in [0.5, 0.6) is 0 Å². The highest BCUT2D eigenvalue weighted by Gasteiger charge is 2.54. The predicted octanol–water partition coefficient (Wildman–Crippen LogP) is 2.09. The van der Waals surface area contributed by atoms with E-state index in [-0.39, 0.29) is 0 Å². The number of rotatable bonds is 2. The molecular weight excluding hydrogens is 252 g/mol. The van der Waals surface area contributed by atoms with Gasteiger partial charge in [-0.15, -0.1) is 0 Å². The van der Waals surface area contributed by atoms with Crippen LogP contribution < -0.4 is 10.6 Å². The van der Waals surface area contributed by atoms with E-state index in [4.69, 9.17) is 5.73 Å². The van der Waals surface area contributed by atoms with Gasteiger partial charge < -0.3 is 10.6 Å². The van der Waals surface area contributed by atoms with Crippen molar-refractivity contribution < 1.29 is 0 Å². The van der Waals surface area contributed by atoms with Crippen molar-refractivity contribution in [3.8, 4) is 0 Å². The molecule has 0 spiro atoms. The first-order valence-corrected chi connectivity index (χ1v) is 6.29. The summed E-state index contributed by atoms with van der Waals surface area (Å²) in [7, 11) is 0. The molecule has 3 heteroatoms. The second kappa shape index (κ2) is 3.49. The van der Waals surface area contributed by atoms with Crippen LogP contribution in [0.4, 0.5) is 5.69 Å². The third kappa shape index (κ3) is 1.58. The van der Waals surface area contributed by atoms with E-state index in [2.05, 4.69) is 45.1 Å². The van der Waals surface area contributed by atoms with Crippen LogP contribution in [-0.4, -0.2) is 19.6 Å². The van der Waals surface area contributed by atoms with Gasteiger partial charge >= 0.3 is 0 Å². The Morgan fingerprint density at radius 3 is 2.33 bits per heavy atom. The molecular formula is C12H15BrN2. The number of nitrogens with zero attached hydrogens (tertiary/aromatic N) is 1. The van der Waals surface area contributed by atoms with Crippen LogP contribution in [0, 0.1) is 17.8 Å². The average molecular weight is 267 g/mol. The lowest BCUT2D eigenvalue weighted by Gasteiger charge is -2.21. The molecule has 1 aliphatic heterocycles. The van der Waals surface area contributed by atoms with Crippen molar-refractivity contribution in [1.29, 1.82) is 0 Å². The van der Waals surface area contributed by atoms with Gasteiger partial charge in [0.2, 0.25) is 0 Å². The average Bonchev–Trinajstić information content (AvgIpc) is 2.72. The van der Waals surface area contributed by atoms with Gasteiger partial charge in [0, 0.05) is 23.2 Å². The molecule has 2 unspecified atom stereocenters. The zero-order chi connectivity index (χ0) is 10.4. The predicted molar refractivity (Wildman–Crippen MR) is 65.9 cm³/mol. The normalized spacial score (nSPS) is 32.9. The zero-order valence-electron chi connectivity index (χ0n) is 8.57. The molecule has 2 aliphatic rings. The van der Waals surface area contributed by atoms with Gasteiger partial charge in [-0.2, -0.15) is 0 Å². The molecule has 1 saturated carbocycles. The van der Waals surface area contributed by atoms with Crippen molar-refractivity contribution in [3.63, 3.8) is 0 Å². The summed E-state index contributed by atoms with van der Waals surface area (Å²) >= 11 is 3.46. The van der Waals surface area contributed by atoms with Crippen molar-refractivity contribution in [2.75, 3.05) is 24.5 Å². The third-order valence-electron chi connectivity index (χ3n) is 3.84. The van der Waals surface area contributed by atoms with E-state index in [1.807, 2.05) is 0 Å². The van der Waals surface area contributed by atoms with Gasteiger partial charge in [0.25, 0.3) is 0 Å². The van der Waals surface area contributed by atoms with Crippen molar-refractivity contribution >= 4 is 21.6 Å². The molecule has 0 radical (unpaired) electrons. The van der Waals surface area contributed by atoms with Gasteiger partial charge in [0.1, 0.15) is 0 Å². The van der Waals surface area contributed by atoms with Gasteiger partial charge in [-0.25, -0.2) is 0 Å². The Labute approximate surface area is 98.6 Å². The molecule has 80 valence electrons. The summed E-state index contributed by atoms with van der Waals surface area (Å²) in [6.45, 7) is 3.28. The first-order valence-electron chi connectivity index (χ1n) is 5.50. The monoisotopic (exact) mass is 266 g/mol. The van der Waals surface area contributed by atoms with Crippen LogP contribution in [-0.2, 0) is 0 Å². The fourth-order valence-electron chi connectivity index (χ4n) is 2.86. The lowest BCUT2D eigenvalue weighted by atomic mass is 10.2. The summed E-state index contributed by atoms with van der Waals surface area (Å²) in [6.07, 6.45) is 0.